The standard InChI is InChI=1S/C19H20N4O2.H2/c1-2-25-16-8-7-12(14-10-15(14)16)13-4-3-9-23-17(13)20-19(22-23)21-18(24)11-5-6-11;/h3-4,7-9,11,14-15H,2,5-6,10H2,1H3,(H,21,22,24);1H. The summed E-state index contributed by atoms with van der Waals surface area (Å²) in [5.74, 6) is 2.65. The predicted molar refractivity (Wildman–Crippen MR) is 95.7 cm³/mol. The van der Waals surface area contributed by atoms with E-state index in [-0.39, 0.29) is 13.3 Å². The Kier molecular flexibility index (Phi) is 3.20. The molecule has 0 spiro atoms. The van der Waals surface area contributed by atoms with Gasteiger partial charge in [0, 0.05) is 25.0 Å². The van der Waals surface area contributed by atoms with Gasteiger partial charge in [0.2, 0.25) is 11.9 Å². The number of hydrogen-bond acceptors (Lipinski definition) is 4. The van der Waals surface area contributed by atoms with E-state index in [1.165, 1.54) is 5.57 Å². The topological polar surface area (TPSA) is 68.5 Å². The molecule has 2 atom stereocenters. The van der Waals surface area contributed by atoms with E-state index in [1.807, 2.05) is 19.2 Å². The normalized spacial score (nSPS) is 24.4. The molecule has 6 heteroatoms. The minimum atomic E-state index is 0. The fourth-order valence-electron chi connectivity index (χ4n) is 3.63. The Hall–Kier alpha value is -2.63. The third-order valence-electron chi connectivity index (χ3n) is 5.15. The summed E-state index contributed by atoms with van der Waals surface area (Å²) in [5, 5.41) is 7.24. The number of allylic oxidation sites excluding steroid dienone is 4. The van der Waals surface area contributed by atoms with Gasteiger partial charge in [0.25, 0.3) is 0 Å². The van der Waals surface area contributed by atoms with Crippen LogP contribution in [0.15, 0.2) is 36.2 Å². The Morgan fingerprint density at radius 3 is 3.08 bits per heavy atom. The molecule has 0 radical (unpaired) electrons. The van der Waals surface area contributed by atoms with Gasteiger partial charge in [-0.3, -0.25) is 10.1 Å². The third-order valence-corrected chi connectivity index (χ3v) is 5.15. The number of hydrogen-bond donors (Lipinski definition) is 1. The van der Waals surface area contributed by atoms with Crippen molar-refractivity contribution in [2.45, 2.75) is 26.2 Å². The minimum Gasteiger partial charge on any atom is -0.498 e. The van der Waals surface area contributed by atoms with Gasteiger partial charge < -0.3 is 4.74 Å². The van der Waals surface area contributed by atoms with Crippen molar-refractivity contribution in [2.24, 2.45) is 17.8 Å². The molecule has 2 fully saturated rings. The number of fused-ring (bicyclic) bond motifs is 2. The lowest BCUT2D eigenvalue weighted by molar-refractivity contribution is -0.117. The lowest BCUT2D eigenvalue weighted by Crippen LogP contribution is -2.14. The van der Waals surface area contributed by atoms with Crippen molar-refractivity contribution < 1.29 is 11.0 Å². The molecule has 0 aliphatic heterocycles. The van der Waals surface area contributed by atoms with E-state index in [1.54, 1.807) is 4.52 Å². The average Bonchev–Trinajstić information content (AvgIpc) is 3.50. The molecule has 3 aliphatic carbocycles. The lowest BCUT2D eigenvalue weighted by Gasteiger charge is -2.14. The molecule has 2 aromatic heterocycles. The summed E-state index contributed by atoms with van der Waals surface area (Å²) in [6.45, 7) is 2.73. The molecule has 5 rings (SSSR count). The summed E-state index contributed by atoms with van der Waals surface area (Å²) in [5.41, 5.74) is 3.16. The number of ether oxygens (including phenoxy) is 1. The fraction of sp³-hybridized carbons (Fsp3) is 0.421. The quantitative estimate of drug-likeness (QED) is 0.908. The Bertz CT molecular complexity index is 929. The molecule has 0 saturated heterocycles. The van der Waals surface area contributed by atoms with E-state index in [4.69, 9.17) is 4.74 Å². The Morgan fingerprint density at radius 1 is 1.40 bits per heavy atom. The van der Waals surface area contributed by atoms with Gasteiger partial charge in [0.05, 0.1) is 12.4 Å². The molecule has 1 amide bonds. The maximum absolute atomic E-state index is 12.0. The van der Waals surface area contributed by atoms with Crippen molar-refractivity contribution in [3.05, 3.63) is 41.8 Å². The highest BCUT2D eigenvalue weighted by Gasteiger charge is 2.46. The number of rotatable bonds is 5. The van der Waals surface area contributed by atoms with E-state index in [2.05, 4.69) is 33.6 Å². The fourth-order valence-corrected chi connectivity index (χ4v) is 3.63. The summed E-state index contributed by atoms with van der Waals surface area (Å²) in [6, 6.07) is 4.06. The summed E-state index contributed by atoms with van der Waals surface area (Å²) >= 11 is 0. The highest BCUT2D eigenvalue weighted by atomic mass is 16.5. The zero-order chi connectivity index (χ0) is 17.0. The Morgan fingerprint density at radius 2 is 2.28 bits per heavy atom. The minimum absolute atomic E-state index is 0. The predicted octanol–water partition coefficient (Wildman–Crippen LogP) is 3.28. The van der Waals surface area contributed by atoms with Crippen LogP contribution in [-0.4, -0.2) is 27.1 Å². The molecule has 0 aromatic carbocycles. The second-order valence-electron chi connectivity index (χ2n) is 6.96. The van der Waals surface area contributed by atoms with Crippen molar-refractivity contribution >= 4 is 23.1 Å². The van der Waals surface area contributed by atoms with Crippen LogP contribution in [0.2, 0.25) is 0 Å². The van der Waals surface area contributed by atoms with E-state index in [0.29, 0.717) is 24.4 Å². The van der Waals surface area contributed by atoms with Crippen LogP contribution in [0.25, 0.3) is 11.2 Å². The Balaban J connectivity index is 0.00000168. The largest absolute Gasteiger partial charge is 0.498 e. The zero-order valence-corrected chi connectivity index (χ0v) is 14.1. The molecule has 25 heavy (non-hydrogen) atoms. The first-order valence-corrected chi connectivity index (χ1v) is 8.96. The first-order valence-electron chi connectivity index (χ1n) is 8.96. The highest BCUT2D eigenvalue weighted by molar-refractivity contribution is 5.93. The van der Waals surface area contributed by atoms with Crippen molar-refractivity contribution in [1.82, 2.24) is 14.6 Å². The van der Waals surface area contributed by atoms with Crippen molar-refractivity contribution in [2.75, 3.05) is 11.9 Å². The van der Waals surface area contributed by atoms with Crippen LogP contribution in [0.5, 0.6) is 0 Å². The molecule has 2 heterocycles. The van der Waals surface area contributed by atoms with Gasteiger partial charge in [-0.2, -0.15) is 4.98 Å². The zero-order valence-electron chi connectivity index (χ0n) is 14.1. The number of pyridine rings is 1. The van der Waals surface area contributed by atoms with Crippen LogP contribution in [0.4, 0.5) is 5.95 Å². The number of anilines is 1. The molecular weight excluding hydrogens is 316 g/mol. The van der Waals surface area contributed by atoms with Gasteiger partial charge in [0.1, 0.15) is 0 Å². The van der Waals surface area contributed by atoms with Crippen molar-refractivity contribution in [3.8, 4) is 0 Å². The van der Waals surface area contributed by atoms with Crippen molar-refractivity contribution in [1.29, 1.82) is 0 Å². The molecule has 6 nitrogen and oxygen atoms in total. The number of carbonyl (C=O) groups is 1. The summed E-state index contributed by atoms with van der Waals surface area (Å²) in [4.78, 5) is 16.5. The van der Waals surface area contributed by atoms with E-state index >= 15 is 0 Å². The van der Waals surface area contributed by atoms with Crippen LogP contribution in [-0.2, 0) is 9.53 Å². The average molecular weight is 338 g/mol. The smallest absolute Gasteiger partial charge is 0.249 e. The summed E-state index contributed by atoms with van der Waals surface area (Å²) in [7, 11) is 0. The molecular formula is C19H22N4O2. The summed E-state index contributed by atoms with van der Waals surface area (Å²) < 4.78 is 7.47. The second kappa shape index (κ2) is 5.44. The molecule has 130 valence electrons. The number of carbonyl (C=O) groups excluding carboxylic acids is 1. The van der Waals surface area contributed by atoms with Crippen molar-refractivity contribution in [3.63, 3.8) is 0 Å². The van der Waals surface area contributed by atoms with Gasteiger partial charge in [-0.05, 0) is 55.9 Å². The first-order chi connectivity index (χ1) is 12.2. The van der Waals surface area contributed by atoms with E-state index in [9.17, 15) is 4.79 Å². The van der Waals surface area contributed by atoms with E-state index < -0.39 is 0 Å². The number of nitrogens with one attached hydrogen (secondary N) is 1. The monoisotopic (exact) mass is 338 g/mol. The third kappa shape index (κ3) is 2.52. The van der Waals surface area contributed by atoms with Gasteiger partial charge >= 0.3 is 0 Å². The van der Waals surface area contributed by atoms with Gasteiger partial charge in [-0.1, -0.05) is 6.08 Å². The Labute approximate surface area is 147 Å². The van der Waals surface area contributed by atoms with Crippen LogP contribution in [0, 0.1) is 17.8 Å². The molecule has 1 N–H and O–H groups in total. The van der Waals surface area contributed by atoms with Crippen LogP contribution < -0.4 is 5.32 Å². The van der Waals surface area contributed by atoms with Crippen LogP contribution in [0.3, 0.4) is 0 Å². The maximum Gasteiger partial charge on any atom is 0.249 e. The van der Waals surface area contributed by atoms with Crippen LogP contribution >= 0.6 is 0 Å². The van der Waals surface area contributed by atoms with Gasteiger partial charge in [0.15, 0.2) is 5.65 Å². The first kappa shape index (κ1) is 14.7. The van der Waals surface area contributed by atoms with Gasteiger partial charge in [-0.15, -0.1) is 5.10 Å². The van der Waals surface area contributed by atoms with Crippen LogP contribution in [0.1, 0.15) is 33.2 Å². The van der Waals surface area contributed by atoms with Gasteiger partial charge in [-0.25, -0.2) is 4.52 Å². The number of aromatic nitrogens is 3. The highest BCUT2D eigenvalue weighted by Crippen LogP contribution is 2.55. The second-order valence-corrected chi connectivity index (χ2v) is 6.96. The maximum atomic E-state index is 12.0. The molecule has 2 saturated carbocycles. The molecule has 2 aromatic rings. The molecule has 2 unspecified atom stereocenters. The summed E-state index contributed by atoms with van der Waals surface area (Å²) in [6.07, 6.45) is 9.16. The van der Waals surface area contributed by atoms with E-state index in [0.717, 1.165) is 36.2 Å². The number of nitrogens with zero attached hydrogens (tertiary/aromatic N) is 3. The lowest BCUT2D eigenvalue weighted by atomic mass is 9.97. The molecule has 3 aliphatic rings. The number of amides is 1. The molecule has 0 bridgehead atoms. The SMILES string of the molecule is CCOC1=CC=C(c2cccn3nc(NC(=O)C4CC4)nc23)C2CC12.[HH].